The minimum Gasteiger partial charge on any atom is -0.395 e. The number of hydrogen-bond donors (Lipinski definition) is 2. The van der Waals surface area contributed by atoms with Gasteiger partial charge in [-0.2, -0.15) is 0 Å². The van der Waals surface area contributed by atoms with Gasteiger partial charge >= 0.3 is 0 Å². The molecule has 96 valence electrons. The zero-order valence-electron chi connectivity index (χ0n) is 10.6. The van der Waals surface area contributed by atoms with Crippen LogP contribution in [-0.2, 0) is 0 Å². The van der Waals surface area contributed by atoms with Gasteiger partial charge < -0.3 is 11.1 Å². The summed E-state index contributed by atoms with van der Waals surface area (Å²) in [5.74, 6) is -0.768. The van der Waals surface area contributed by atoms with E-state index in [0.717, 1.165) is 18.9 Å². The summed E-state index contributed by atoms with van der Waals surface area (Å²) in [5.41, 5.74) is 5.87. The third-order valence-corrected chi connectivity index (χ3v) is 2.95. The van der Waals surface area contributed by atoms with Crippen molar-refractivity contribution >= 4 is 11.4 Å². The first kappa shape index (κ1) is 13.7. The maximum atomic E-state index is 13.2. The van der Waals surface area contributed by atoms with Gasteiger partial charge in [0.05, 0.1) is 11.4 Å². The number of nitrogen functional groups attached to an aromatic ring is 1. The quantitative estimate of drug-likeness (QED) is 0.771. The van der Waals surface area contributed by atoms with E-state index < -0.39 is 11.6 Å². The Balaban J connectivity index is 2.74. The Bertz CT molecular complexity index is 380. The summed E-state index contributed by atoms with van der Waals surface area (Å²) >= 11 is 0. The molecule has 2 nitrogen and oxygen atoms in total. The van der Waals surface area contributed by atoms with Crippen LogP contribution >= 0.6 is 0 Å². The van der Waals surface area contributed by atoms with E-state index in [2.05, 4.69) is 19.2 Å². The van der Waals surface area contributed by atoms with Crippen molar-refractivity contribution in [2.75, 3.05) is 11.1 Å². The molecular weight excluding hydrogens is 222 g/mol. The van der Waals surface area contributed by atoms with Crippen molar-refractivity contribution in [1.29, 1.82) is 0 Å². The number of halogens is 2. The average Bonchev–Trinajstić information content (AvgIpc) is 2.24. The monoisotopic (exact) mass is 242 g/mol. The molecule has 1 rings (SSSR count). The molecule has 0 aromatic heterocycles. The molecule has 0 radical (unpaired) electrons. The van der Waals surface area contributed by atoms with E-state index in [-0.39, 0.29) is 11.7 Å². The van der Waals surface area contributed by atoms with Crippen LogP contribution in [0.1, 0.15) is 33.6 Å². The molecule has 3 N–H and O–H groups in total. The van der Waals surface area contributed by atoms with Gasteiger partial charge in [0.15, 0.2) is 5.82 Å². The molecule has 1 aromatic rings. The van der Waals surface area contributed by atoms with Crippen LogP contribution in [-0.4, -0.2) is 6.04 Å². The standard InChI is InChI=1S/C13H20F2N2/c1-4-8(2)5-9(3)17-12-7-10(14)6-11(15)13(12)16/h6-9,17H,4-5,16H2,1-3H3. The zero-order chi connectivity index (χ0) is 13.0. The summed E-state index contributed by atoms with van der Waals surface area (Å²) in [4.78, 5) is 0. The van der Waals surface area contributed by atoms with Crippen molar-refractivity contribution in [3.8, 4) is 0 Å². The van der Waals surface area contributed by atoms with Gasteiger partial charge in [0.2, 0.25) is 0 Å². The molecule has 0 saturated heterocycles. The average molecular weight is 242 g/mol. The maximum absolute atomic E-state index is 13.2. The fourth-order valence-corrected chi connectivity index (χ4v) is 1.80. The van der Waals surface area contributed by atoms with Gasteiger partial charge in [0.1, 0.15) is 5.82 Å². The molecule has 0 heterocycles. The van der Waals surface area contributed by atoms with Crippen LogP contribution in [0.2, 0.25) is 0 Å². The van der Waals surface area contributed by atoms with Gasteiger partial charge in [0.25, 0.3) is 0 Å². The molecule has 0 aliphatic carbocycles. The Hall–Kier alpha value is -1.32. The number of anilines is 2. The lowest BCUT2D eigenvalue weighted by Gasteiger charge is -2.20. The second kappa shape index (κ2) is 5.84. The fourth-order valence-electron chi connectivity index (χ4n) is 1.80. The normalized spacial score (nSPS) is 14.4. The molecule has 4 heteroatoms. The summed E-state index contributed by atoms with van der Waals surface area (Å²) in [5, 5.41) is 3.05. The predicted octanol–water partition coefficient (Wildman–Crippen LogP) is 3.78. The lowest BCUT2D eigenvalue weighted by atomic mass is 10.00. The van der Waals surface area contributed by atoms with E-state index in [9.17, 15) is 8.78 Å². The van der Waals surface area contributed by atoms with Crippen LogP contribution in [0.3, 0.4) is 0 Å². The summed E-state index contributed by atoms with van der Waals surface area (Å²) < 4.78 is 26.3. The maximum Gasteiger partial charge on any atom is 0.151 e. The van der Waals surface area contributed by atoms with E-state index >= 15 is 0 Å². The molecule has 0 spiro atoms. The zero-order valence-corrected chi connectivity index (χ0v) is 10.6. The first-order valence-electron chi connectivity index (χ1n) is 5.95. The van der Waals surface area contributed by atoms with Gasteiger partial charge in [-0.05, 0) is 25.3 Å². The van der Waals surface area contributed by atoms with Crippen molar-refractivity contribution in [3.63, 3.8) is 0 Å². The molecular formula is C13H20F2N2. The van der Waals surface area contributed by atoms with Crippen molar-refractivity contribution in [1.82, 2.24) is 0 Å². The molecule has 2 atom stereocenters. The highest BCUT2D eigenvalue weighted by Crippen LogP contribution is 2.25. The summed E-state index contributed by atoms with van der Waals surface area (Å²) in [7, 11) is 0. The predicted molar refractivity (Wildman–Crippen MR) is 67.9 cm³/mol. The lowest BCUT2D eigenvalue weighted by molar-refractivity contribution is 0.483. The van der Waals surface area contributed by atoms with Crippen LogP contribution in [0.15, 0.2) is 12.1 Å². The number of nitrogens with two attached hydrogens (primary N) is 1. The van der Waals surface area contributed by atoms with E-state index in [4.69, 9.17) is 5.73 Å². The van der Waals surface area contributed by atoms with Gasteiger partial charge in [-0.25, -0.2) is 8.78 Å². The number of rotatable bonds is 5. The minimum atomic E-state index is -0.719. The lowest BCUT2D eigenvalue weighted by Crippen LogP contribution is -2.19. The molecule has 0 fully saturated rings. The van der Waals surface area contributed by atoms with Crippen LogP contribution in [0, 0.1) is 17.6 Å². The highest BCUT2D eigenvalue weighted by molar-refractivity contribution is 5.67. The number of hydrogen-bond acceptors (Lipinski definition) is 2. The van der Waals surface area contributed by atoms with Crippen LogP contribution in [0.5, 0.6) is 0 Å². The van der Waals surface area contributed by atoms with Crippen LogP contribution < -0.4 is 11.1 Å². The molecule has 0 saturated carbocycles. The Morgan fingerprint density at radius 2 is 1.94 bits per heavy atom. The van der Waals surface area contributed by atoms with E-state index in [1.165, 1.54) is 6.07 Å². The Morgan fingerprint density at radius 3 is 2.53 bits per heavy atom. The van der Waals surface area contributed by atoms with Crippen molar-refractivity contribution in [3.05, 3.63) is 23.8 Å². The first-order chi connectivity index (χ1) is 7.93. The number of benzene rings is 1. The molecule has 2 unspecified atom stereocenters. The summed E-state index contributed by atoms with van der Waals surface area (Å²) in [6.07, 6.45) is 2.02. The molecule has 0 bridgehead atoms. The fraction of sp³-hybridized carbons (Fsp3) is 0.538. The van der Waals surface area contributed by atoms with Crippen molar-refractivity contribution < 1.29 is 8.78 Å². The van der Waals surface area contributed by atoms with Crippen molar-refractivity contribution in [2.45, 2.75) is 39.7 Å². The van der Waals surface area contributed by atoms with Gasteiger partial charge in [-0.3, -0.25) is 0 Å². The molecule has 17 heavy (non-hydrogen) atoms. The third-order valence-electron chi connectivity index (χ3n) is 2.95. The highest BCUT2D eigenvalue weighted by Gasteiger charge is 2.12. The van der Waals surface area contributed by atoms with E-state index in [1.807, 2.05) is 6.92 Å². The highest BCUT2D eigenvalue weighted by atomic mass is 19.1. The Labute approximate surface area is 101 Å². The summed E-state index contributed by atoms with van der Waals surface area (Å²) in [6.45, 7) is 6.25. The smallest absolute Gasteiger partial charge is 0.151 e. The van der Waals surface area contributed by atoms with E-state index in [0.29, 0.717) is 11.6 Å². The molecule has 0 aliphatic rings. The molecule has 0 amide bonds. The third kappa shape index (κ3) is 3.88. The van der Waals surface area contributed by atoms with Gasteiger partial charge in [-0.1, -0.05) is 20.3 Å². The van der Waals surface area contributed by atoms with Crippen molar-refractivity contribution in [2.24, 2.45) is 5.92 Å². The van der Waals surface area contributed by atoms with E-state index in [1.54, 1.807) is 0 Å². The largest absolute Gasteiger partial charge is 0.395 e. The minimum absolute atomic E-state index is 0.0256. The van der Waals surface area contributed by atoms with Crippen LogP contribution in [0.25, 0.3) is 0 Å². The molecule has 0 aliphatic heterocycles. The first-order valence-corrected chi connectivity index (χ1v) is 5.95. The topological polar surface area (TPSA) is 38.0 Å². The number of nitrogens with one attached hydrogen (secondary N) is 1. The van der Waals surface area contributed by atoms with Crippen LogP contribution in [0.4, 0.5) is 20.2 Å². The second-order valence-corrected chi connectivity index (χ2v) is 4.64. The van der Waals surface area contributed by atoms with Gasteiger partial charge in [0, 0.05) is 12.1 Å². The van der Waals surface area contributed by atoms with Gasteiger partial charge in [-0.15, -0.1) is 0 Å². The second-order valence-electron chi connectivity index (χ2n) is 4.64. The SMILES string of the molecule is CCC(C)CC(C)Nc1cc(F)cc(F)c1N. The summed E-state index contributed by atoms with van der Waals surface area (Å²) in [6, 6.07) is 2.15. The molecule has 1 aromatic carbocycles. The Kier molecular flexibility index (Phi) is 4.73. The Morgan fingerprint density at radius 1 is 1.29 bits per heavy atom.